The number of pyridine rings is 1. The maximum Gasteiger partial charge on any atom is 0.177 e. The van der Waals surface area contributed by atoms with Gasteiger partial charge in [-0.05, 0) is 18.6 Å². The first-order valence-corrected chi connectivity index (χ1v) is 3.81. The van der Waals surface area contributed by atoms with Gasteiger partial charge < -0.3 is 10.7 Å². The van der Waals surface area contributed by atoms with Crippen LogP contribution in [-0.2, 0) is 6.54 Å². The summed E-state index contributed by atoms with van der Waals surface area (Å²) in [6, 6.07) is 1.90. The standard InChI is InChI=1S/C8H10N4/c1-5-11-7-6(4-9)2-3-10-8(7)12-5/h2-3H,4,9H2,1H3,(H,10,11,12). The van der Waals surface area contributed by atoms with Crippen LogP contribution in [0.4, 0.5) is 0 Å². The van der Waals surface area contributed by atoms with Gasteiger partial charge in [-0.3, -0.25) is 0 Å². The van der Waals surface area contributed by atoms with E-state index < -0.39 is 0 Å². The molecule has 0 amide bonds. The molecule has 4 heteroatoms. The molecule has 0 aliphatic heterocycles. The zero-order valence-corrected chi connectivity index (χ0v) is 6.83. The number of hydrogen-bond donors (Lipinski definition) is 2. The Hall–Kier alpha value is -1.42. The lowest BCUT2D eigenvalue weighted by molar-refractivity contribution is 1.07. The number of rotatable bonds is 1. The number of nitrogens with zero attached hydrogens (tertiary/aromatic N) is 2. The van der Waals surface area contributed by atoms with Gasteiger partial charge >= 0.3 is 0 Å². The molecular formula is C8H10N4. The summed E-state index contributed by atoms with van der Waals surface area (Å²) >= 11 is 0. The van der Waals surface area contributed by atoms with E-state index in [1.165, 1.54) is 0 Å². The molecule has 2 aromatic heterocycles. The van der Waals surface area contributed by atoms with E-state index in [4.69, 9.17) is 5.73 Å². The van der Waals surface area contributed by atoms with Crippen molar-refractivity contribution in [3.8, 4) is 0 Å². The summed E-state index contributed by atoms with van der Waals surface area (Å²) in [5.41, 5.74) is 8.31. The van der Waals surface area contributed by atoms with E-state index in [-0.39, 0.29) is 0 Å². The maximum absolute atomic E-state index is 5.55. The molecule has 2 aromatic rings. The molecule has 0 aromatic carbocycles. The van der Waals surface area contributed by atoms with Crippen LogP contribution in [0.5, 0.6) is 0 Å². The van der Waals surface area contributed by atoms with E-state index in [1.807, 2.05) is 13.0 Å². The van der Waals surface area contributed by atoms with Gasteiger partial charge in [-0.25, -0.2) is 9.97 Å². The molecule has 0 radical (unpaired) electrons. The normalized spacial score (nSPS) is 10.8. The van der Waals surface area contributed by atoms with E-state index >= 15 is 0 Å². The molecule has 0 saturated heterocycles. The van der Waals surface area contributed by atoms with Crippen LogP contribution in [-0.4, -0.2) is 15.0 Å². The molecule has 0 aliphatic carbocycles. The molecule has 0 fully saturated rings. The molecule has 2 heterocycles. The third-order valence-corrected chi connectivity index (χ3v) is 1.82. The van der Waals surface area contributed by atoms with Crippen molar-refractivity contribution in [3.05, 3.63) is 23.7 Å². The number of aryl methyl sites for hydroxylation is 1. The molecule has 2 rings (SSSR count). The van der Waals surface area contributed by atoms with E-state index in [1.54, 1.807) is 6.20 Å². The second kappa shape index (κ2) is 2.57. The molecule has 12 heavy (non-hydrogen) atoms. The first-order chi connectivity index (χ1) is 5.81. The minimum Gasteiger partial charge on any atom is -0.341 e. The average molecular weight is 162 g/mol. The minimum absolute atomic E-state index is 0.515. The second-order valence-electron chi connectivity index (χ2n) is 2.70. The fraction of sp³-hybridized carbons (Fsp3) is 0.250. The summed E-state index contributed by atoms with van der Waals surface area (Å²) in [6.07, 6.45) is 1.73. The number of nitrogens with two attached hydrogens (primary N) is 1. The van der Waals surface area contributed by atoms with E-state index in [0.29, 0.717) is 6.54 Å². The third-order valence-electron chi connectivity index (χ3n) is 1.82. The van der Waals surface area contributed by atoms with Crippen LogP contribution in [0.15, 0.2) is 12.3 Å². The highest BCUT2D eigenvalue weighted by atomic mass is 15.0. The predicted molar refractivity (Wildman–Crippen MR) is 46.5 cm³/mol. The number of H-pyrrole nitrogens is 1. The number of hydrogen-bond acceptors (Lipinski definition) is 3. The van der Waals surface area contributed by atoms with Crippen molar-refractivity contribution in [2.75, 3.05) is 0 Å². The van der Waals surface area contributed by atoms with Gasteiger partial charge in [0, 0.05) is 12.7 Å². The summed E-state index contributed by atoms with van der Waals surface area (Å²) in [5, 5.41) is 0. The molecule has 0 unspecified atom stereocenters. The van der Waals surface area contributed by atoms with Gasteiger partial charge in [-0.1, -0.05) is 0 Å². The Bertz CT molecular complexity index is 404. The van der Waals surface area contributed by atoms with Crippen LogP contribution in [0, 0.1) is 6.92 Å². The highest BCUT2D eigenvalue weighted by Crippen LogP contribution is 2.12. The molecule has 0 aliphatic rings. The summed E-state index contributed by atoms with van der Waals surface area (Å²) < 4.78 is 0. The molecule has 0 bridgehead atoms. The summed E-state index contributed by atoms with van der Waals surface area (Å²) in [7, 11) is 0. The third kappa shape index (κ3) is 0.967. The zero-order chi connectivity index (χ0) is 8.55. The largest absolute Gasteiger partial charge is 0.341 e. The first kappa shape index (κ1) is 7.24. The van der Waals surface area contributed by atoms with Crippen LogP contribution in [0.2, 0.25) is 0 Å². The van der Waals surface area contributed by atoms with Gasteiger partial charge in [-0.15, -0.1) is 0 Å². The van der Waals surface area contributed by atoms with Crippen molar-refractivity contribution in [2.45, 2.75) is 13.5 Å². The molecule has 0 atom stereocenters. The Morgan fingerprint density at radius 2 is 2.42 bits per heavy atom. The lowest BCUT2D eigenvalue weighted by atomic mass is 10.2. The van der Waals surface area contributed by atoms with Gasteiger partial charge in [-0.2, -0.15) is 0 Å². The molecule has 62 valence electrons. The lowest BCUT2D eigenvalue weighted by Crippen LogP contribution is -1.97. The van der Waals surface area contributed by atoms with Gasteiger partial charge in [0.25, 0.3) is 0 Å². The van der Waals surface area contributed by atoms with E-state index in [0.717, 1.165) is 22.6 Å². The van der Waals surface area contributed by atoms with Gasteiger partial charge in [0.15, 0.2) is 5.65 Å². The van der Waals surface area contributed by atoms with Gasteiger partial charge in [0.2, 0.25) is 0 Å². The smallest absolute Gasteiger partial charge is 0.177 e. The Morgan fingerprint density at radius 3 is 3.17 bits per heavy atom. The monoisotopic (exact) mass is 162 g/mol. The fourth-order valence-corrected chi connectivity index (χ4v) is 1.25. The van der Waals surface area contributed by atoms with Crippen molar-refractivity contribution >= 4 is 11.2 Å². The zero-order valence-electron chi connectivity index (χ0n) is 6.83. The molecule has 0 spiro atoms. The van der Waals surface area contributed by atoms with Crippen LogP contribution < -0.4 is 5.73 Å². The van der Waals surface area contributed by atoms with Crippen LogP contribution in [0.3, 0.4) is 0 Å². The fourth-order valence-electron chi connectivity index (χ4n) is 1.25. The Morgan fingerprint density at radius 1 is 1.58 bits per heavy atom. The first-order valence-electron chi connectivity index (χ1n) is 3.81. The molecule has 3 N–H and O–H groups in total. The average Bonchev–Trinajstić information content (AvgIpc) is 2.44. The van der Waals surface area contributed by atoms with Gasteiger partial charge in [0.1, 0.15) is 5.82 Å². The number of imidazole rings is 1. The highest BCUT2D eigenvalue weighted by molar-refractivity contribution is 5.74. The van der Waals surface area contributed by atoms with Crippen molar-refractivity contribution in [1.82, 2.24) is 15.0 Å². The number of nitrogens with one attached hydrogen (secondary N) is 1. The van der Waals surface area contributed by atoms with Crippen molar-refractivity contribution in [1.29, 1.82) is 0 Å². The molecular weight excluding hydrogens is 152 g/mol. The van der Waals surface area contributed by atoms with Crippen molar-refractivity contribution in [2.24, 2.45) is 5.73 Å². The minimum atomic E-state index is 0.515. The topological polar surface area (TPSA) is 67.6 Å². The van der Waals surface area contributed by atoms with Gasteiger partial charge in [0.05, 0.1) is 5.52 Å². The lowest BCUT2D eigenvalue weighted by Gasteiger charge is -1.95. The van der Waals surface area contributed by atoms with Crippen molar-refractivity contribution < 1.29 is 0 Å². The summed E-state index contributed by atoms with van der Waals surface area (Å²) in [6.45, 7) is 2.42. The SMILES string of the molecule is Cc1nc2nccc(CN)c2[nH]1. The molecule has 4 nitrogen and oxygen atoms in total. The number of aromatic nitrogens is 3. The summed E-state index contributed by atoms with van der Waals surface area (Å²) in [5.74, 6) is 0.874. The van der Waals surface area contributed by atoms with Crippen LogP contribution >= 0.6 is 0 Å². The second-order valence-corrected chi connectivity index (χ2v) is 2.70. The maximum atomic E-state index is 5.55. The van der Waals surface area contributed by atoms with Crippen molar-refractivity contribution in [3.63, 3.8) is 0 Å². The highest BCUT2D eigenvalue weighted by Gasteiger charge is 2.03. The van der Waals surface area contributed by atoms with Crippen LogP contribution in [0.25, 0.3) is 11.2 Å². The van der Waals surface area contributed by atoms with E-state index in [2.05, 4.69) is 15.0 Å². The predicted octanol–water partition coefficient (Wildman–Crippen LogP) is 0.725. The number of fused-ring (bicyclic) bond motifs is 1. The Kier molecular flexibility index (Phi) is 1.55. The van der Waals surface area contributed by atoms with E-state index in [9.17, 15) is 0 Å². The Balaban J connectivity index is 2.78. The molecule has 0 saturated carbocycles. The quantitative estimate of drug-likeness (QED) is 0.649. The van der Waals surface area contributed by atoms with Crippen LogP contribution in [0.1, 0.15) is 11.4 Å². The summed E-state index contributed by atoms with van der Waals surface area (Å²) in [4.78, 5) is 11.4. The Labute approximate surface area is 69.8 Å². The number of aromatic amines is 1.